The van der Waals surface area contributed by atoms with Crippen LogP contribution < -0.4 is 5.32 Å². The number of anilines is 1. The van der Waals surface area contributed by atoms with Crippen molar-refractivity contribution in [3.8, 4) is 0 Å². The third-order valence-corrected chi connectivity index (χ3v) is 7.76. The monoisotopic (exact) mass is 455 g/mol. The van der Waals surface area contributed by atoms with Gasteiger partial charge in [-0.1, -0.05) is 26.3 Å². The summed E-state index contributed by atoms with van der Waals surface area (Å²) in [5, 5.41) is 8.01. The van der Waals surface area contributed by atoms with Crippen LogP contribution in [0.3, 0.4) is 0 Å². The molecule has 0 saturated carbocycles. The van der Waals surface area contributed by atoms with Crippen LogP contribution in [0.5, 0.6) is 0 Å². The fourth-order valence-electron chi connectivity index (χ4n) is 4.13. The standard InChI is InChI=1S/C23H29N5O3S/c1-15(2)20-14-19(21-16(3)26-27(4)22(21)25-20)23(29)24-17-9-8-10-18(13-17)32(30,31)28-11-6-5-7-12-28/h8-10,13-15H,5-7,11-12H2,1-4H3,(H,24,29). The number of pyridine rings is 1. The minimum absolute atomic E-state index is 0.138. The predicted molar refractivity (Wildman–Crippen MR) is 124 cm³/mol. The Balaban J connectivity index is 1.68. The molecule has 3 heterocycles. The van der Waals surface area contributed by atoms with Gasteiger partial charge in [-0.3, -0.25) is 9.48 Å². The summed E-state index contributed by atoms with van der Waals surface area (Å²) in [4.78, 5) is 18.2. The maximum atomic E-state index is 13.3. The van der Waals surface area contributed by atoms with Crippen LogP contribution in [0, 0.1) is 6.92 Å². The third-order valence-electron chi connectivity index (χ3n) is 5.87. The summed E-state index contributed by atoms with van der Waals surface area (Å²) in [7, 11) is -1.77. The molecule has 0 spiro atoms. The molecule has 0 atom stereocenters. The number of sulfonamides is 1. The Kier molecular flexibility index (Phi) is 6.05. The zero-order valence-electron chi connectivity index (χ0n) is 18.9. The highest BCUT2D eigenvalue weighted by molar-refractivity contribution is 7.89. The maximum absolute atomic E-state index is 13.3. The van der Waals surface area contributed by atoms with Crippen molar-refractivity contribution in [2.24, 2.45) is 7.05 Å². The summed E-state index contributed by atoms with van der Waals surface area (Å²) in [6, 6.07) is 8.26. The number of nitrogens with one attached hydrogen (secondary N) is 1. The normalized spacial score (nSPS) is 15.4. The van der Waals surface area contributed by atoms with E-state index in [2.05, 4.69) is 15.4 Å². The Morgan fingerprint density at radius 2 is 1.84 bits per heavy atom. The van der Waals surface area contributed by atoms with Crippen LogP contribution in [-0.4, -0.2) is 46.5 Å². The first-order chi connectivity index (χ1) is 15.2. The van der Waals surface area contributed by atoms with Crippen molar-refractivity contribution in [3.05, 3.63) is 47.3 Å². The van der Waals surface area contributed by atoms with Gasteiger partial charge in [0.25, 0.3) is 5.91 Å². The van der Waals surface area contributed by atoms with E-state index in [4.69, 9.17) is 0 Å². The van der Waals surface area contributed by atoms with Gasteiger partial charge in [-0.05, 0) is 49.9 Å². The number of carbonyl (C=O) groups is 1. The second kappa shape index (κ2) is 8.63. The number of carbonyl (C=O) groups excluding carboxylic acids is 1. The van der Waals surface area contributed by atoms with E-state index in [1.54, 1.807) is 28.9 Å². The predicted octanol–water partition coefficient (Wildman–Crippen LogP) is 3.83. The summed E-state index contributed by atoms with van der Waals surface area (Å²) in [5.74, 6) is -0.179. The second-order valence-corrected chi connectivity index (χ2v) is 10.5. The first-order valence-electron chi connectivity index (χ1n) is 10.9. The second-order valence-electron chi connectivity index (χ2n) is 8.60. The van der Waals surface area contributed by atoms with Gasteiger partial charge < -0.3 is 5.32 Å². The molecule has 1 aliphatic heterocycles. The molecule has 0 aliphatic carbocycles. The van der Waals surface area contributed by atoms with Crippen molar-refractivity contribution < 1.29 is 13.2 Å². The molecule has 32 heavy (non-hydrogen) atoms. The first-order valence-corrected chi connectivity index (χ1v) is 12.4. The minimum atomic E-state index is -3.58. The average molecular weight is 456 g/mol. The van der Waals surface area contributed by atoms with Gasteiger partial charge in [0.2, 0.25) is 10.0 Å². The zero-order chi connectivity index (χ0) is 23.0. The molecule has 0 bridgehead atoms. The number of hydrogen-bond acceptors (Lipinski definition) is 5. The molecule has 4 rings (SSSR count). The van der Waals surface area contributed by atoms with Gasteiger partial charge in [0.05, 0.1) is 21.5 Å². The summed E-state index contributed by atoms with van der Waals surface area (Å²) in [6.45, 7) is 6.96. The van der Waals surface area contributed by atoms with E-state index in [-0.39, 0.29) is 16.7 Å². The van der Waals surface area contributed by atoms with Gasteiger partial charge in [-0.25, -0.2) is 13.4 Å². The molecular weight excluding hydrogens is 426 g/mol. The van der Waals surface area contributed by atoms with E-state index < -0.39 is 10.0 Å². The molecule has 0 radical (unpaired) electrons. The number of amides is 1. The summed E-state index contributed by atoms with van der Waals surface area (Å²) < 4.78 is 29.3. The van der Waals surface area contributed by atoms with E-state index in [1.165, 1.54) is 10.4 Å². The van der Waals surface area contributed by atoms with Gasteiger partial charge in [0.15, 0.2) is 5.65 Å². The van der Waals surface area contributed by atoms with Gasteiger partial charge in [-0.15, -0.1) is 0 Å². The summed E-state index contributed by atoms with van der Waals surface area (Å²) in [6.07, 6.45) is 2.79. The van der Waals surface area contributed by atoms with Crippen LogP contribution >= 0.6 is 0 Å². The molecule has 170 valence electrons. The number of aromatic nitrogens is 3. The van der Waals surface area contributed by atoms with Crippen LogP contribution in [0.1, 0.15) is 60.8 Å². The fraction of sp³-hybridized carbons (Fsp3) is 0.435. The highest BCUT2D eigenvalue weighted by atomic mass is 32.2. The van der Waals surface area contributed by atoms with Crippen molar-refractivity contribution in [1.29, 1.82) is 0 Å². The Hall–Kier alpha value is -2.78. The third kappa shape index (κ3) is 4.14. The Morgan fingerprint density at radius 3 is 2.53 bits per heavy atom. The van der Waals surface area contributed by atoms with E-state index in [0.29, 0.717) is 35.4 Å². The largest absolute Gasteiger partial charge is 0.322 e. The van der Waals surface area contributed by atoms with Gasteiger partial charge in [0.1, 0.15) is 0 Å². The number of fused-ring (bicyclic) bond motifs is 1. The van der Waals surface area contributed by atoms with Gasteiger partial charge >= 0.3 is 0 Å². The maximum Gasteiger partial charge on any atom is 0.256 e. The van der Waals surface area contributed by atoms with E-state index >= 15 is 0 Å². The topological polar surface area (TPSA) is 97.2 Å². The molecule has 1 aromatic carbocycles. The molecule has 0 unspecified atom stereocenters. The summed E-state index contributed by atoms with van der Waals surface area (Å²) in [5.41, 5.74) is 3.09. The lowest BCUT2D eigenvalue weighted by Gasteiger charge is -2.26. The first kappa shape index (κ1) is 22.4. The van der Waals surface area contributed by atoms with Crippen molar-refractivity contribution in [2.75, 3.05) is 18.4 Å². The van der Waals surface area contributed by atoms with Crippen molar-refractivity contribution in [1.82, 2.24) is 19.1 Å². The number of benzene rings is 1. The number of rotatable bonds is 5. The quantitative estimate of drug-likeness (QED) is 0.631. The molecule has 1 saturated heterocycles. The SMILES string of the molecule is Cc1nn(C)c2nc(C(C)C)cc(C(=O)Nc3cccc(S(=O)(=O)N4CCCCC4)c3)c12. The number of aryl methyl sites for hydroxylation is 2. The molecule has 1 aliphatic rings. The van der Waals surface area contributed by atoms with Gasteiger partial charge in [0, 0.05) is 31.5 Å². The average Bonchev–Trinajstić information content (AvgIpc) is 3.07. The lowest BCUT2D eigenvalue weighted by Crippen LogP contribution is -2.35. The molecule has 8 nitrogen and oxygen atoms in total. The lowest BCUT2D eigenvalue weighted by molar-refractivity contribution is 0.102. The van der Waals surface area contributed by atoms with Gasteiger partial charge in [-0.2, -0.15) is 9.40 Å². The molecule has 3 aromatic rings. The van der Waals surface area contributed by atoms with Crippen LogP contribution in [0.25, 0.3) is 11.0 Å². The van der Waals surface area contributed by atoms with Crippen molar-refractivity contribution >= 4 is 32.7 Å². The van der Waals surface area contributed by atoms with E-state index in [1.807, 2.05) is 27.8 Å². The van der Waals surface area contributed by atoms with Crippen molar-refractivity contribution in [3.63, 3.8) is 0 Å². The fourth-order valence-corrected chi connectivity index (χ4v) is 5.69. The molecule has 1 fully saturated rings. The highest BCUT2D eigenvalue weighted by Gasteiger charge is 2.26. The van der Waals surface area contributed by atoms with Crippen molar-refractivity contribution in [2.45, 2.75) is 50.8 Å². The van der Waals surface area contributed by atoms with Crippen LogP contribution in [0.2, 0.25) is 0 Å². The summed E-state index contributed by atoms with van der Waals surface area (Å²) >= 11 is 0. The zero-order valence-corrected chi connectivity index (χ0v) is 19.7. The van der Waals surface area contributed by atoms with Crippen LogP contribution in [0.4, 0.5) is 5.69 Å². The Labute approximate surface area is 188 Å². The number of nitrogens with zero attached hydrogens (tertiary/aromatic N) is 4. The van der Waals surface area contributed by atoms with E-state index in [0.717, 1.165) is 30.7 Å². The molecular formula is C23H29N5O3S. The van der Waals surface area contributed by atoms with E-state index in [9.17, 15) is 13.2 Å². The number of hydrogen-bond donors (Lipinski definition) is 1. The highest BCUT2D eigenvalue weighted by Crippen LogP contribution is 2.27. The molecule has 1 N–H and O–H groups in total. The molecule has 9 heteroatoms. The molecule has 2 aromatic heterocycles. The Morgan fingerprint density at radius 1 is 1.12 bits per heavy atom. The molecule has 1 amide bonds. The minimum Gasteiger partial charge on any atom is -0.322 e. The Bertz CT molecular complexity index is 1270. The number of piperidine rings is 1. The lowest BCUT2D eigenvalue weighted by atomic mass is 10.0. The van der Waals surface area contributed by atoms with Crippen LogP contribution in [0.15, 0.2) is 35.2 Å². The van der Waals surface area contributed by atoms with Crippen LogP contribution in [-0.2, 0) is 17.1 Å². The smallest absolute Gasteiger partial charge is 0.256 e.